The molecule has 0 unspecified atom stereocenters. The number of hydrogen-bond acceptors (Lipinski definition) is 11. The molecule has 7 rings (SSSR count). The Hall–Kier alpha value is -5.14. The van der Waals surface area contributed by atoms with Gasteiger partial charge in [-0.3, -0.25) is 0 Å². The highest BCUT2D eigenvalue weighted by atomic mass is 32.2. The summed E-state index contributed by atoms with van der Waals surface area (Å²) >= 11 is 1.09. The van der Waals surface area contributed by atoms with Crippen molar-refractivity contribution in [2.24, 2.45) is 4.99 Å². The van der Waals surface area contributed by atoms with Crippen LogP contribution in [0, 0.1) is 17.1 Å². The minimum Gasteiger partial charge on any atom is -0.444 e. The van der Waals surface area contributed by atoms with Gasteiger partial charge in [-0.2, -0.15) is 15.2 Å². The molecule has 5 aromatic rings. The zero-order chi connectivity index (χ0) is 36.2. The lowest BCUT2D eigenvalue weighted by molar-refractivity contribution is 0.0214. The zero-order valence-corrected chi connectivity index (χ0v) is 30.4. The smallest absolute Gasteiger partial charge is 0.410 e. The third-order valence-electron chi connectivity index (χ3n) is 8.76. The Morgan fingerprint density at radius 2 is 1.92 bits per heavy atom. The van der Waals surface area contributed by atoms with E-state index in [2.05, 4.69) is 21.0 Å². The SMILES string of the molecule is CN(C)/C=N/c1sc2c(F)ccc(Cn3cnc4c(S(=O)(=O)Cc5ccccc5)nc(N5C[C@@H]6C[C@H]5CN6C(=O)OC(C)(C)C)nc43)c2c1C#N. The number of hydrogen-bond donors (Lipinski definition) is 0. The second-order valence-electron chi connectivity index (χ2n) is 14.0. The van der Waals surface area contributed by atoms with Crippen LogP contribution in [-0.2, 0) is 26.9 Å². The number of aromatic nitrogens is 4. The van der Waals surface area contributed by atoms with E-state index in [9.17, 15) is 18.5 Å². The lowest BCUT2D eigenvalue weighted by Crippen LogP contribution is -2.50. The van der Waals surface area contributed by atoms with Crippen molar-refractivity contribution in [1.29, 1.82) is 5.26 Å². The number of carbonyl (C=O) groups is 1. The summed E-state index contributed by atoms with van der Waals surface area (Å²) in [7, 11) is -0.420. The number of piperazine rings is 1. The fourth-order valence-electron chi connectivity index (χ4n) is 6.59. The number of rotatable bonds is 8. The first-order chi connectivity index (χ1) is 24.2. The van der Waals surface area contributed by atoms with Crippen LogP contribution < -0.4 is 4.90 Å². The number of fused-ring (bicyclic) bond motifs is 4. The number of ether oxygens (including phenoxy) is 1. The van der Waals surface area contributed by atoms with Gasteiger partial charge in [0.05, 0.1) is 47.3 Å². The van der Waals surface area contributed by atoms with Crippen LogP contribution in [0.4, 0.5) is 20.1 Å². The highest BCUT2D eigenvalue weighted by molar-refractivity contribution is 7.90. The third-order valence-corrected chi connectivity index (χ3v) is 11.4. The summed E-state index contributed by atoms with van der Waals surface area (Å²) < 4.78 is 50.9. The molecule has 0 N–H and O–H groups in total. The number of nitrogens with zero attached hydrogens (tertiary/aromatic N) is 9. The molecule has 0 spiro atoms. The number of amides is 1. The Kier molecular flexibility index (Phi) is 8.67. The number of aliphatic imine (C=N–C) groups is 1. The first kappa shape index (κ1) is 34.3. The molecule has 16 heteroatoms. The van der Waals surface area contributed by atoms with Gasteiger partial charge in [-0.05, 0) is 44.4 Å². The van der Waals surface area contributed by atoms with E-state index in [1.54, 1.807) is 65.1 Å². The van der Waals surface area contributed by atoms with E-state index in [0.717, 1.165) is 11.3 Å². The van der Waals surface area contributed by atoms with E-state index in [1.807, 2.05) is 31.7 Å². The van der Waals surface area contributed by atoms with E-state index in [-0.39, 0.29) is 58.2 Å². The van der Waals surface area contributed by atoms with Crippen molar-refractivity contribution in [3.8, 4) is 6.07 Å². The zero-order valence-electron chi connectivity index (χ0n) is 28.7. The van der Waals surface area contributed by atoms with Crippen molar-refractivity contribution in [2.45, 2.75) is 62.2 Å². The van der Waals surface area contributed by atoms with Gasteiger partial charge in [0.25, 0.3) is 0 Å². The topological polar surface area (TPSA) is 150 Å². The quantitative estimate of drug-likeness (QED) is 0.114. The standard InChI is InChI=1S/C35H36FN9O4S2/c1-35(2,3)49-34(46)45-17-23-13-24(45)16-44(23)33-40-30-28(32(41-33)51(47,48)18-21-9-7-6-8-10-21)38-20-43(30)15-22-11-12-26(36)29-27(22)25(14-37)31(50-29)39-19-42(4)5/h6-12,19-20,23-24H,13,15-18H2,1-5H3/b39-19+/t23-,24-/m0/s1. The van der Waals surface area contributed by atoms with Crippen molar-refractivity contribution in [3.05, 3.63) is 71.3 Å². The van der Waals surface area contributed by atoms with Crippen LogP contribution >= 0.6 is 11.3 Å². The third kappa shape index (κ3) is 6.59. The molecule has 0 radical (unpaired) electrons. The van der Waals surface area contributed by atoms with E-state index < -0.39 is 21.3 Å². The molecule has 0 aliphatic carbocycles. The fraction of sp³-hybridized carbons (Fsp3) is 0.371. The van der Waals surface area contributed by atoms with Crippen LogP contribution in [-0.4, -0.2) is 95.0 Å². The van der Waals surface area contributed by atoms with Gasteiger partial charge in [0, 0.05) is 32.6 Å². The molecule has 51 heavy (non-hydrogen) atoms. The van der Waals surface area contributed by atoms with E-state index in [4.69, 9.17) is 9.72 Å². The second-order valence-corrected chi connectivity index (χ2v) is 16.9. The summed E-state index contributed by atoms with van der Waals surface area (Å²) in [5.41, 5.74) is 1.20. The molecular weight excluding hydrogens is 694 g/mol. The first-order valence-electron chi connectivity index (χ1n) is 16.3. The normalized spacial score (nSPS) is 17.6. The van der Waals surface area contributed by atoms with Crippen molar-refractivity contribution < 1.29 is 22.3 Å². The van der Waals surface area contributed by atoms with Gasteiger partial charge in [0.2, 0.25) is 15.8 Å². The number of nitriles is 1. The molecular formula is C35H36FN9O4S2. The number of carbonyl (C=O) groups excluding carboxylic acids is 1. The maximum atomic E-state index is 15.1. The summed E-state index contributed by atoms with van der Waals surface area (Å²) in [6.07, 6.45) is 3.32. The number of halogens is 1. The molecule has 1 amide bonds. The number of likely N-dealkylation sites (tertiary alicyclic amines) is 1. The number of benzene rings is 2. The number of sulfone groups is 1. The van der Waals surface area contributed by atoms with Gasteiger partial charge in [-0.15, -0.1) is 11.3 Å². The molecule has 2 aliphatic heterocycles. The molecule has 3 aromatic heterocycles. The molecule has 0 saturated carbocycles. The van der Waals surface area contributed by atoms with Crippen LogP contribution in [0.15, 0.2) is 58.8 Å². The molecule has 2 bridgehead atoms. The average molecular weight is 730 g/mol. The van der Waals surface area contributed by atoms with E-state index in [0.29, 0.717) is 45.7 Å². The molecule has 2 aromatic carbocycles. The first-order valence-corrected chi connectivity index (χ1v) is 18.8. The number of thiophene rings is 1. The Morgan fingerprint density at radius 1 is 1.16 bits per heavy atom. The van der Waals surface area contributed by atoms with Crippen molar-refractivity contribution in [3.63, 3.8) is 0 Å². The van der Waals surface area contributed by atoms with Crippen LogP contribution in [0.25, 0.3) is 21.3 Å². The summed E-state index contributed by atoms with van der Waals surface area (Å²) in [6.45, 7) is 6.37. The summed E-state index contributed by atoms with van der Waals surface area (Å²) in [5, 5.41) is 10.8. The van der Waals surface area contributed by atoms with Crippen LogP contribution in [0.2, 0.25) is 0 Å². The Morgan fingerprint density at radius 3 is 2.59 bits per heavy atom. The van der Waals surface area contributed by atoms with Crippen molar-refractivity contribution in [2.75, 3.05) is 32.1 Å². The minimum atomic E-state index is -4.02. The van der Waals surface area contributed by atoms with E-state index >= 15 is 4.39 Å². The molecule has 2 saturated heterocycles. The van der Waals surface area contributed by atoms with Crippen LogP contribution in [0.3, 0.4) is 0 Å². The van der Waals surface area contributed by atoms with Crippen LogP contribution in [0.1, 0.15) is 43.9 Å². The van der Waals surface area contributed by atoms with Crippen LogP contribution in [0.5, 0.6) is 0 Å². The summed E-state index contributed by atoms with van der Waals surface area (Å²) in [5.74, 6) is -0.550. The Bertz CT molecular complexity index is 2340. The predicted octanol–water partition coefficient (Wildman–Crippen LogP) is 5.49. The van der Waals surface area contributed by atoms with E-state index in [1.165, 1.54) is 12.4 Å². The highest BCUT2D eigenvalue weighted by Gasteiger charge is 2.48. The van der Waals surface area contributed by atoms with Gasteiger partial charge >= 0.3 is 6.09 Å². The average Bonchev–Trinajstić information content (AvgIpc) is 3.86. The molecule has 2 atom stereocenters. The Balaban J connectivity index is 1.31. The monoisotopic (exact) mass is 729 g/mol. The maximum absolute atomic E-state index is 15.1. The molecule has 2 fully saturated rings. The summed E-state index contributed by atoms with van der Waals surface area (Å²) in [4.78, 5) is 36.8. The van der Waals surface area contributed by atoms with Gasteiger partial charge in [-0.25, -0.2) is 27.6 Å². The second kappa shape index (κ2) is 12.9. The molecule has 13 nitrogen and oxygen atoms in total. The van der Waals surface area contributed by atoms with Crippen molar-refractivity contribution >= 4 is 65.8 Å². The largest absolute Gasteiger partial charge is 0.444 e. The number of anilines is 1. The predicted molar refractivity (Wildman–Crippen MR) is 193 cm³/mol. The highest BCUT2D eigenvalue weighted by Crippen LogP contribution is 2.41. The lowest BCUT2D eigenvalue weighted by atomic mass is 10.1. The minimum absolute atomic E-state index is 0.106. The maximum Gasteiger partial charge on any atom is 0.410 e. The lowest BCUT2D eigenvalue weighted by Gasteiger charge is -2.35. The molecule has 2 aliphatic rings. The fourth-order valence-corrected chi connectivity index (χ4v) is 9.06. The van der Waals surface area contributed by atoms with Gasteiger partial charge in [0.1, 0.15) is 28.0 Å². The van der Waals surface area contributed by atoms with Gasteiger partial charge in [0.15, 0.2) is 10.7 Å². The molecule has 5 heterocycles. The van der Waals surface area contributed by atoms with Gasteiger partial charge in [-0.1, -0.05) is 36.4 Å². The van der Waals surface area contributed by atoms with Gasteiger partial charge < -0.3 is 24.0 Å². The van der Waals surface area contributed by atoms with Crippen molar-refractivity contribution in [1.82, 2.24) is 29.3 Å². The Labute approximate surface area is 298 Å². The molecule has 264 valence electrons. The number of imidazole rings is 1. The summed E-state index contributed by atoms with van der Waals surface area (Å²) in [6, 6.07) is 13.7.